The molecule has 176 valence electrons. The largest absolute Gasteiger partial charge is 0.495 e. The molecule has 34 heavy (non-hydrogen) atoms. The molecule has 0 aliphatic rings. The van der Waals surface area contributed by atoms with E-state index in [0.29, 0.717) is 29.1 Å². The van der Waals surface area contributed by atoms with E-state index in [1.165, 1.54) is 36.7 Å². The van der Waals surface area contributed by atoms with Crippen molar-refractivity contribution in [1.29, 1.82) is 0 Å². The Labute approximate surface area is 198 Å². The van der Waals surface area contributed by atoms with Gasteiger partial charge in [-0.2, -0.15) is 4.31 Å². The lowest BCUT2D eigenvalue weighted by Gasteiger charge is -2.19. The van der Waals surface area contributed by atoms with Gasteiger partial charge in [0.2, 0.25) is 10.0 Å². The summed E-state index contributed by atoms with van der Waals surface area (Å²) in [5.41, 5.74) is 2.82. The van der Waals surface area contributed by atoms with Crippen LogP contribution in [0.15, 0.2) is 76.0 Å². The number of nitrogens with one attached hydrogen (secondary N) is 1. The van der Waals surface area contributed by atoms with E-state index >= 15 is 0 Å². The number of ether oxygens (including phenoxy) is 1. The lowest BCUT2D eigenvalue weighted by Crippen LogP contribution is -2.27. The number of nitrogens with zero attached hydrogens (tertiary/aromatic N) is 2. The zero-order valence-corrected chi connectivity index (χ0v) is 19.9. The van der Waals surface area contributed by atoms with Gasteiger partial charge in [-0.15, -0.1) is 0 Å². The topological polar surface area (TPSA) is 102 Å². The second-order valence-electron chi connectivity index (χ2n) is 7.71. The van der Waals surface area contributed by atoms with Crippen molar-refractivity contribution in [2.45, 2.75) is 24.8 Å². The predicted molar refractivity (Wildman–Crippen MR) is 129 cm³/mol. The molecule has 0 radical (unpaired) electrons. The first-order chi connectivity index (χ1) is 16.3. The van der Waals surface area contributed by atoms with Crippen LogP contribution in [0.3, 0.4) is 0 Å². The van der Waals surface area contributed by atoms with Gasteiger partial charge in [0.15, 0.2) is 11.5 Å². The monoisotopic (exact) mass is 479 g/mol. The Morgan fingerprint density at radius 2 is 1.85 bits per heavy atom. The van der Waals surface area contributed by atoms with Gasteiger partial charge in [-0.25, -0.2) is 13.4 Å². The number of benzene rings is 3. The number of anilines is 1. The van der Waals surface area contributed by atoms with Gasteiger partial charge in [-0.3, -0.25) is 4.79 Å². The number of sulfonamides is 1. The maximum atomic E-state index is 13.3. The summed E-state index contributed by atoms with van der Waals surface area (Å²) in [6.07, 6.45) is 0.665. The number of rotatable bonds is 8. The summed E-state index contributed by atoms with van der Waals surface area (Å²) in [5, 5.41) is 2.79. The Kier molecular flexibility index (Phi) is 6.67. The highest BCUT2D eigenvalue weighted by atomic mass is 32.2. The van der Waals surface area contributed by atoms with Gasteiger partial charge in [0.25, 0.3) is 5.91 Å². The van der Waals surface area contributed by atoms with Crippen molar-refractivity contribution in [2.75, 3.05) is 19.5 Å². The molecule has 1 amide bonds. The maximum absolute atomic E-state index is 13.3. The van der Waals surface area contributed by atoms with E-state index in [-0.39, 0.29) is 22.8 Å². The van der Waals surface area contributed by atoms with Gasteiger partial charge in [0.1, 0.15) is 16.2 Å². The van der Waals surface area contributed by atoms with Crippen molar-refractivity contribution in [3.05, 3.63) is 83.7 Å². The fourth-order valence-electron chi connectivity index (χ4n) is 3.52. The maximum Gasteiger partial charge on any atom is 0.255 e. The van der Waals surface area contributed by atoms with Crippen LogP contribution in [0.25, 0.3) is 11.1 Å². The Bertz CT molecular complexity index is 1430. The van der Waals surface area contributed by atoms with Crippen LogP contribution in [-0.2, 0) is 23.0 Å². The number of aromatic nitrogens is 1. The number of oxazole rings is 1. The smallest absolute Gasteiger partial charge is 0.255 e. The van der Waals surface area contributed by atoms with Gasteiger partial charge in [-0.1, -0.05) is 37.3 Å². The number of hydrogen-bond donors (Lipinski definition) is 1. The number of carbonyl (C=O) groups excluding carboxylic acids is 1. The molecule has 4 aromatic rings. The third-order valence-electron chi connectivity index (χ3n) is 5.35. The van der Waals surface area contributed by atoms with Crippen LogP contribution in [-0.4, -0.2) is 37.8 Å². The van der Waals surface area contributed by atoms with Crippen LogP contribution in [0.2, 0.25) is 0 Å². The first-order valence-corrected chi connectivity index (χ1v) is 12.1. The Hall–Kier alpha value is -3.69. The molecule has 3 aromatic carbocycles. The molecule has 0 spiro atoms. The Morgan fingerprint density at radius 1 is 1.09 bits per heavy atom. The second kappa shape index (κ2) is 9.66. The van der Waals surface area contributed by atoms with E-state index in [0.717, 1.165) is 5.56 Å². The molecule has 0 saturated carbocycles. The molecule has 4 rings (SSSR count). The SMILES string of the molecule is CCc1nc2cc(NC(=O)c3ccc(OC)c(S(=O)(=O)N(C)Cc4ccccc4)c3)ccc2o1. The van der Waals surface area contributed by atoms with Gasteiger partial charge < -0.3 is 14.5 Å². The number of methoxy groups -OCH3 is 1. The summed E-state index contributed by atoms with van der Waals surface area (Å²) in [7, 11) is -1.05. The van der Waals surface area contributed by atoms with Crippen molar-refractivity contribution >= 4 is 32.7 Å². The highest BCUT2D eigenvalue weighted by Crippen LogP contribution is 2.29. The zero-order chi connectivity index (χ0) is 24.3. The van der Waals surface area contributed by atoms with Gasteiger partial charge >= 0.3 is 0 Å². The van der Waals surface area contributed by atoms with Crippen molar-refractivity contribution in [3.8, 4) is 5.75 Å². The van der Waals surface area contributed by atoms with E-state index in [4.69, 9.17) is 9.15 Å². The van der Waals surface area contributed by atoms with Crippen LogP contribution in [0.1, 0.15) is 28.7 Å². The highest BCUT2D eigenvalue weighted by Gasteiger charge is 2.26. The van der Waals surface area contributed by atoms with Crippen molar-refractivity contribution in [1.82, 2.24) is 9.29 Å². The van der Waals surface area contributed by atoms with Gasteiger partial charge in [0, 0.05) is 31.3 Å². The minimum Gasteiger partial charge on any atom is -0.495 e. The number of aryl methyl sites for hydroxylation is 1. The van der Waals surface area contributed by atoms with E-state index in [2.05, 4.69) is 10.3 Å². The quantitative estimate of drug-likeness (QED) is 0.400. The molecular weight excluding hydrogens is 454 g/mol. The third kappa shape index (κ3) is 4.80. The molecule has 0 aliphatic heterocycles. The second-order valence-corrected chi connectivity index (χ2v) is 9.72. The van der Waals surface area contributed by atoms with E-state index in [1.807, 2.05) is 37.3 Å². The summed E-state index contributed by atoms with van der Waals surface area (Å²) in [6.45, 7) is 2.13. The lowest BCUT2D eigenvalue weighted by atomic mass is 10.2. The minimum absolute atomic E-state index is 0.0828. The Morgan fingerprint density at radius 3 is 2.56 bits per heavy atom. The standard InChI is InChI=1S/C25H25N3O5S/c1-4-24-27-20-15-19(11-13-21(20)33-24)26-25(29)18-10-12-22(32-3)23(14-18)34(30,31)28(2)16-17-8-6-5-7-9-17/h5-15H,4,16H2,1-3H3,(H,26,29). The van der Waals surface area contributed by atoms with Crippen molar-refractivity contribution in [3.63, 3.8) is 0 Å². The first-order valence-electron chi connectivity index (χ1n) is 10.7. The third-order valence-corrected chi connectivity index (χ3v) is 7.18. The molecule has 1 heterocycles. The number of hydrogen-bond acceptors (Lipinski definition) is 6. The average molecular weight is 480 g/mol. The van der Waals surface area contributed by atoms with Crippen molar-refractivity contribution < 1.29 is 22.4 Å². The highest BCUT2D eigenvalue weighted by molar-refractivity contribution is 7.89. The number of amides is 1. The van der Waals surface area contributed by atoms with Gasteiger partial charge in [-0.05, 0) is 42.0 Å². The summed E-state index contributed by atoms with van der Waals surface area (Å²) in [4.78, 5) is 17.2. The molecule has 0 atom stereocenters. The summed E-state index contributed by atoms with van der Waals surface area (Å²) >= 11 is 0. The molecule has 0 fully saturated rings. The van der Waals surface area contributed by atoms with Crippen LogP contribution in [0, 0.1) is 0 Å². The van der Waals surface area contributed by atoms with Gasteiger partial charge in [0.05, 0.1) is 7.11 Å². The zero-order valence-electron chi connectivity index (χ0n) is 19.1. The van der Waals surface area contributed by atoms with E-state index in [9.17, 15) is 13.2 Å². The molecular formula is C25H25N3O5S. The number of fused-ring (bicyclic) bond motifs is 1. The normalized spacial score (nSPS) is 11.6. The molecule has 8 nitrogen and oxygen atoms in total. The summed E-state index contributed by atoms with van der Waals surface area (Å²) in [5.74, 6) is 0.319. The van der Waals surface area contributed by atoms with Crippen molar-refractivity contribution in [2.24, 2.45) is 0 Å². The molecule has 0 aliphatic carbocycles. The molecule has 0 unspecified atom stereocenters. The molecule has 0 bridgehead atoms. The van der Waals surface area contributed by atoms with Crippen LogP contribution >= 0.6 is 0 Å². The number of carbonyl (C=O) groups is 1. The summed E-state index contributed by atoms with van der Waals surface area (Å²) < 4.78 is 38.8. The molecule has 0 saturated heterocycles. The molecule has 1 N–H and O–H groups in total. The minimum atomic E-state index is -3.93. The fourth-order valence-corrected chi connectivity index (χ4v) is 4.86. The summed E-state index contributed by atoms with van der Waals surface area (Å²) in [6, 6.07) is 18.7. The fraction of sp³-hybridized carbons (Fsp3) is 0.200. The molecule has 1 aromatic heterocycles. The van der Waals surface area contributed by atoms with Crippen LogP contribution < -0.4 is 10.1 Å². The lowest BCUT2D eigenvalue weighted by molar-refractivity contribution is 0.102. The first kappa shape index (κ1) is 23.5. The van der Waals surface area contributed by atoms with E-state index in [1.54, 1.807) is 18.2 Å². The Balaban J connectivity index is 1.60. The average Bonchev–Trinajstić information content (AvgIpc) is 3.26. The van der Waals surface area contributed by atoms with E-state index < -0.39 is 15.9 Å². The predicted octanol–water partition coefficient (Wildman–Crippen LogP) is 4.47. The van der Waals surface area contributed by atoms with Crippen LogP contribution in [0.5, 0.6) is 5.75 Å². The van der Waals surface area contributed by atoms with Crippen LogP contribution in [0.4, 0.5) is 5.69 Å². The molecule has 9 heteroatoms.